The molecule has 1 saturated heterocycles. The summed E-state index contributed by atoms with van der Waals surface area (Å²) in [7, 11) is 0. The van der Waals surface area contributed by atoms with E-state index in [-0.39, 0.29) is 5.69 Å². The summed E-state index contributed by atoms with van der Waals surface area (Å²) in [5.41, 5.74) is 0.179. The van der Waals surface area contributed by atoms with E-state index in [1.165, 1.54) is 18.2 Å². The zero-order valence-electron chi connectivity index (χ0n) is 8.16. The highest BCUT2D eigenvalue weighted by Gasteiger charge is 2.38. The van der Waals surface area contributed by atoms with Gasteiger partial charge in [-0.15, -0.1) is 0 Å². The van der Waals surface area contributed by atoms with E-state index in [4.69, 9.17) is 4.74 Å². The number of hydrogen-bond donors (Lipinski definition) is 0. The topological polar surface area (TPSA) is 78.7 Å². The van der Waals surface area contributed by atoms with Crippen LogP contribution < -0.4 is 0 Å². The number of cyclic esters (lactones) is 2. The highest BCUT2D eigenvalue weighted by Crippen LogP contribution is 2.34. The highest BCUT2D eigenvalue weighted by molar-refractivity contribution is 5.64. The van der Waals surface area contributed by atoms with Crippen LogP contribution in [0.3, 0.4) is 0 Å². The van der Waals surface area contributed by atoms with Gasteiger partial charge in [-0.3, -0.25) is 10.1 Å². The van der Waals surface area contributed by atoms with Crippen molar-refractivity contribution in [3.05, 3.63) is 46.9 Å². The van der Waals surface area contributed by atoms with Crippen LogP contribution in [-0.4, -0.2) is 17.2 Å². The van der Waals surface area contributed by atoms with Gasteiger partial charge in [0.05, 0.1) is 10.5 Å². The van der Waals surface area contributed by atoms with Crippen LogP contribution in [0.4, 0.5) is 10.5 Å². The number of ether oxygens (including phenoxy) is 2. The molecule has 0 aliphatic carbocycles. The molecule has 1 heterocycles. The van der Waals surface area contributed by atoms with Gasteiger partial charge in [0.2, 0.25) is 0 Å². The molecule has 0 amide bonds. The molecule has 0 aromatic heterocycles. The molecule has 1 aliphatic rings. The summed E-state index contributed by atoms with van der Waals surface area (Å²) in [5.74, 6) is 0. The third kappa shape index (κ3) is 1.69. The van der Waals surface area contributed by atoms with Crippen molar-refractivity contribution in [3.8, 4) is 0 Å². The normalized spacial score (nSPS) is 23.7. The Bertz CT molecular complexity index is 445. The maximum Gasteiger partial charge on any atom is 0.509 e. The summed E-state index contributed by atoms with van der Waals surface area (Å²) in [5, 5.41) is 10.8. The Balaban J connectivity index is 2.40. The Kier molecular flexibility index (Phi) is 2.47. The molecule has 1 aromatic carbocycles. The summed E-state index contributed by atoms with van der Waals surface area (Å²) >= 11 is 0. The molecule has 2 rings (SSSR count). The summed E-state index contributed by atoms with van der Waals surface area (Å²) < 4.78 is 9.49. The molecule has 0 unspecified atom stereocenters. The van der Waals surface area contributed by atoms with E-state index in [0.717, 1.165) is 0 Å². The number of carbonyl (C=O) groups is 1. The van der Waals surface area contributed by atoms with Crippen molar-refractivity contribution in [2.75, 3.05) is 0 Å². The van der Waals surface area contributed by atoms with Crippen molar-refractivity contribution in [1.29, 1.82) is 0 Å². The fourth-order valence-electron chi connectivity index (χ4n) is 1.55. The van der Waals surface area contributed by atoms with E-state index in [1.807, 2.05) is 0 Å². The van der Waals surface area contributed by atoms with Crippen molar-refractivity contribution >= 4 is 11.8 Å². The summed E-state index contributed by atoms with van der Waals surface area (Å²) in [4.78, 5) is 21.1. The van der Waals surface area contributed by atoms with E-state index < -0.39 is 23.3 Å². The minimum absolute atomic E-state index is 0.112. The molecule has 0 spiro atoms. The van der Waals surface area contributed by atoms with Crippen LogP contribution in [0.25, 0.3) is 0 Å². The van der Waals surface area contributed by atoms with Crippen LogP contribution in [0.2, 0.25) is 0 Å². The number of nitro groups is 1. The Morgan fingerprint density at radius 3 is 2.56 bits per heavy atom. The minimum Gasteiger partial charge on any atom is -0.427 e. The molecule has 0 saturated carbocycles. The SMILES string of the molecule is [CH2][C@H]1OC(=O)O[C@@H]1c1ccccc1[N+](=O)[O-]. The van der Waals surface area contributed by atoms with Gasteiger partial charge in [-0.05, 0) is 13.0 Å². The van der Waals surface area contributed by atoms with Gasteiger partial charge >= 0.3 is 6.16 Å². The van der Waals surface area contributed by atoms with Crippen LogP contribution in [0, 0.1) is 17.0 Å². The van der Waals surface area contributed by atoms with Crippen molar-refractivity contribution in [2.24, 2.45) is 0 Å². The second-order valence-corrected chi connectivity index (χ2v) is 3.26. The van der Waals surface area contributed by atoms with Gasteiger partial charge in [-0.1, -0.05) is 12.1 Å². The van der Waals surface area contributed by atoms with Gasteiger partial charge in [-0.2, -0.15) is 0 Å². The first-order valence-corrected chi connectivity index (χ1v) is 4.53. The van der Waals surface area contributed by atoms with E-state index >= 15 is 0 Å². The molecule has 0 bridgehead atoms. The lowest BCUT2D eigenvalue weighted by molar-refractivity contribution is -0.386. The molecule has 16 heavy (non-hydrogen) atoms. The van der Waals surface area contributed by atoms with E-state index in [2.05, 4.69) is 11.7 Å². The van der Waals surface area contributed by atoms with Gasteiger partial charge in [0.1, 0.15) is 6.10 Å². The van der Waals surface area contributed by atoms with E-state index in [9.17, 15) is 14.9 Å². The standard InChI is InChI=1S/C10H8NO5/c1-6-9(16-10(12)15-6)7-4-2-3-5-8(7)11(13)14/h2-6,9H,1H2/t6-,9+/m1/s1. The third-order valence-electron chi connectivity index (χ3n) is 2.25. The molecule has 6 nitrogen and oxygen atoms in total. The zero-order valence-corrected chi connectivity index (χ0v) is 8.16. The quantitative estimate of drug-likeness (QED) is 0.434. The lowest BCUT2D eigenvalue weighted by Gasteiger charge is -2.11. The molecular weight excluding hydrogens is 214 g/mol. The fourth-order valence-corrected chi connectivity index (χ4v) is 1.55. The lowest BCUT2D eigenvalue weighted by atomic mass is 10.0. The average Bonchev–Trinajstić information content (AvgIpc) is 2.57. The predicted molar refractivity (Wildman–Crippen MR) is 52.5 cm³/mol. The molecule has 0 N–H and O–H groups in total. The van der Waals surface area contributed by atoms with Crippen molar-refractivity contribution < 1.29 is 19.2 Å². The second-order valence-electron chi connectivity index (χ2n) is 3.26. The Morgan fingerprint density at radius 1 is 1.31 bits per heavy atom. The molecule has 83 valence electrons. The van der Waals surface area contributed by atoms with Gasteiger partial charge in [0.25, 0.3) is 5.69 Å². The first-order valence-electron chi connectivity index (χ1n) is 4.53. The van der Waals surface area contributed by atoms with E-state index in [0.29, 0.717) is 5.56 Å². The van der Waals surface area contributed by atoms with E-state index in [1.54, 1.807) is 6.07 Å². The fraction of sp³-hybridized carbons (Fsp3) is 0.200. The van der Waals surface area contributed by atoms with Crippen LogP contribution >= 0.6 is 0 Å². The minimum atomic E-state index is -0.858. The molecular formula is C10H8NO5. The number of benzene rings is 1. The third-order valence-corrected chi connectivity index (χ3v) is 2.25. The molecule has 1 radical (unpaired) electrons. The van der Waals surface area contributed by atoms with Crippen LogP contribution in [-0.2, 0) is 9.47 Å². The van der Waals surface area contributed by atoms with Crippen LogP contribution in [0.15, 0.2) is 24.3 Å². The van der Waals surface area contributed by atoms with Gasteiger partial charge in [0, 0.05) is 6.07 Å². The van der Waals surface area contributed by atoms with Gasteiger partial charge < -0.3 is 9.47 Å². The Hall–Kier alpha value is -2.11. The number of nitro benzene ring substituents is 1. The monoisotopic (exact) mass is 222 g/mol. The number of rotatable bonds is 2. The summed E-state index contributed by atoms with van der Waals surface area (Å²) in [6, 6.07) is 6.02. The molecule has 1 aromatic rings. The average molecular weight is 222 g/mol. The van der Waals surface area contributed by atoms with Crippen molar-refractivity contribution in [2.45, 2.75) is 12.2 Å². The molecule has 1 fully saturated rings. The summed E-state index contributed by atoms with van der Waals surface area (Å²) in [6.07, 6.45) is -2.45. The largest absolute Gasteiger partial charge is 0.509 e. The van der Waals surface area contributed by atoms with Crippen molar-refractivity contribution in [1.82, 2.24) is 0 Å². The zero-order chi connectivity index (χ0) is 11.7. The predicted octanol–water partition coefficient (Wildman–Crippen LogP) is 2.01. The number of carbonyl (C=O) groups excluding carboxylic acids is 1. The molecule has 1 aliphatic heterocycles. The van der Waals surface area contributed by atoms with Crippen LogP contribution in [0.1, 0.15) is 11.7 Å². The summed E-state index contributed by atoms with van der Waals surface area (Å²) in [6.45, 7) is 3.56. The van der Waals surface area contributed by atoms with Gasteiger partial charge in [-0.25, -0.2) is 4.79 Å². The maximum absolute atomic E-state index is 10.9. The smallest absolute Gasteiger partial charge is 0.427 e. The van der Waals surface area contributed by atoms with Crippen molar-refractivity contribution in [3.63, 3.8) is 0 Å². The number of nitrogens with zero attached hydrogens (tertiary/aromatic N) is 1. The maximum atomic E-state index is 10.9. The highest BCUT2D eigenvalue weighted by atomic mass is 16.8. The Morgan fingerprint density at radius 2 is 2.00 bits per heavy atom. The first-order chi connectivity index (χ1) is 7.59. The first kappa shape index (κ1) is 10.4. The van der Waals surface area contributed by atoms with Crippen LogP contribution in [0.5, 0.6) is 0 Å². The number of para-hydroxylation sites is 1. The lowest BCUT2D eigenvalue weighted by Crippen LogP contribution is -2.12. The van der Waals surface area contributed by atoms with Gasteiger partial charge in [0.15, 0.2) is 6.10 Å². The number of hydrogen-bond acceptors (Lipinski definition) is 5. The second kappa shape index (κ2) is 3.80. The molecule has 6 heteroatoms. The molecule has 2 atom stereocenters. The Labute approximate surface area is 90.9 Å².